The average molecular weight is 477 g/mol. The van der Waals surface area contributed by atoms with Gasteiger partial charge in [-0.3, -0.25) is 4.98 Å². The molecule has 0 saturated heterocycles. The van der Waals surface area contributed by atoms with E-state index in [1.54, 1.807) is 0 Å². The molecular formula is C32H36N4. The zero-order valence-electron chi connectivity index (χ0n) is 21.7. The fraction of sp³-hybridized carbons (Fsp3) is 0.344. The van der Waals surface area contributed by atoms with Crippen molar-refractivity contribution in [3.05, 3.63) is 101 Å². The Bertz CT molecular complexity index is 1310. The predicted octanol–water partition coefficient (Wildman–Crippen LogP) is 6.85. The molecule has 1 atom stereocenters. The normalized spacial score (nSPS) is 15.0. The number of hydrogen-bond acceptors (Lipinski definition) is 4. The monoisotopic (exact) mass is 476 g/mol. The van der Waals surface area contributed by atoms with Gasteiger partial charge in [-0.05, 0) is 86.4 Å². The fourth-order valence-electron chi connectivity index (χ4n) is 5.62. The minimum atomic E-state index is 0.420. The summed E-state index contributed by atoms with van der Waals surface area (Å²) in [7, 11) is 0. The standard InChI is InChI=1S/C32H36N4/c1-4-23-11-8-12-24(5-2)30(23)32-35-22(3)27(31(36-32)26-16-19-33-20-17-26)18-21-34-29-15-9-13-25-10-6-7-14-28(25)29/h6-8,10-12,14,16-17,19-20,29,34H,4-5,9,13,15,18,21H2,1-3H3. The molecule has 0 radical (unpaired) electrons. The summed E-state index contributed by atoms with van der Waals surface area (Å²) < 4.78 is 0. The number of nitrogens with zero attached hydrogens (tertiary/aromatic N) is 3. The van der Waals surface area contributed by atoms with Crippen LogP contribution in [0.5, 0.6) is 0 Å². The third-order valence-electron chi connectivity index (χ3n) is 7.53. The lowest BCUT2D eigenvalue weighted by atomic mass is 9.87. The van der Waals surface area contributed by atoms with Crippen molar-refractivity contribution in [2.24, 2.45) is 0 Å². The van der Waals surface area contributed by atoms with Crippen LogP contribution >= 0.6 is 0 Å². The minimum Gasteiger partial charge on any atom is -0.310 e. The number of fused-ring (bicyclic) bond motifs is 1. The van der Waals surface area contributed by atoms with Gasteiger partial charge in [-0.25, -0.2) is 9.97 Å². The summed E-state index contributed by atoms with van der Waals surface area (Å²) in [6.45, 7) is 7.45. The van der Waals surface area contributed by atoms with Gasteiger partial charge in [0.05, 0.1) is 5.69 Å². The molecule has 4 heteroatoms. The lowest BCUT2D eigenvalue weighted by Gasteiger charge is -2.26. The van der Waals surface area contributed by atoms with Gasteiger partial charge in [0.25, 0.3) is 0 Å². The number of aromatic nitrogens is 3. The second-order valence-corrected chi connectivity index (χ2v) is 9.70. The first kappa shape index (κ1) is 24.3. The molecule has 5 rings (SSSR count). The molecular weight excluding hydrogens is 440 g/mol. The second kappa shape index (κ2) is 11.1. The SMILES string of the molecule is CCc1cccc(CC)c1-c1nc(C)c(CCNC2CCCc3ccccc32)c(-c2ccncc2)n1. The average Bonchev–Trinajstić information content (AvgIpc) is 2.93. The molecule has 1 N–H and O–H groups in total. The molecule has 0 bridgehead atoms. The van der Waals surface area contributed by atoms with Crippen LogP contribution < -0.4 is 5.32 Å². The van der Waals surface area contributed by atoms with Crippen molar-refractivity contribution in [2.45, 2.75) is 65.3 Å². The van der Waals surface area contributed by atoms with Crippen LogP contribution in [-0.2, 0) is 25.7 Å². The van der Waals surface area contributed by atoms with Crippen LogP contribution in [-0.4, -0.2) is 21.5 Å². The summed E-state index contributed by atoms with van der Waals surface area (Å²) >= 11 is 0. The van der Waals surface area contributed by atoms with E-state index in [9.17, 15) is 0 Å². The van der Waals surface area contributed by atoms with Crippen LogP contribution in [0.15, 0.2) is 67.0 Å². The Hall–Kier alpha value is -3.37. The Morgan fingerprint density at radius 1 is 0.889 bits per heavy atom. The highest BCUT2D eigenvalue weighted by atomic mass is 14.9. The van der Waals surface area contributed by atoms with Crippen LogP contribution in [0.1, 0.15) is 66.2 Å². The summed E-state index contributed by atoms with van der Waals surface area (Å²) in [6.07, 6.45) is 10.1. The van der Waals surface area contributed by atoms with Crippen LogP contribution in [0.4, 0.5) is 0 Å². The van der Waals surface area contributed by atoms with Crippen molar-refractivity contribution >= 4 is 0 Å². The van der Waals surface area contributed by atoms with E-state index in [4.69, 9.17) is 9.97 Å². The number of hydrogen-bond donors (Lipinski definition) is 1. The largest absolute Gasteiger partial charge is 0.310 e. The fourth-order valence-corrected chi connectivity index (χ4v) is 5.62. The van der Waals surface area contributed by atoms with Crippen LogP contribution in [0.3, 0.4) is 0 Å². The lowest BCUT2D eigenvalue weighted by molar-refractivity contribution is 0.462. The van der Waals surface area contributed by atoms with E-state index in [0.717, 1.165) is 48.6 Å². The van der Waals surface area contributed by atoms with E-state index in [-0.39, 0.29) is 0 Å². The molecule has 4 aromatic rings. The number of aryl methyl sites for hydroxylation is 4. The van der Waals surface area contributed by atoms with Gasteiger partial charge in [-0.1, -0.05) is 56.3 Å². The molecule has 2 aromatic carbocycles. The third-order valence-corrected chi connectivity index (χ3v) is 7.53. The van der Waals surface area contributed by atoms with E-state index in [1.165, 1.54) is 52.6 Å². The quantitative estimate of drug-likeness (QED) is 0.302. The highest BCUT2D eigenvalue weighted by Gasteiger charge is 2.21. The van der Waals surface area contributed by atoms with E-state index in [1.807, 2.05) is 12.4 Å². The van der Waals surface area contributed by atoms with Gasteiger partial charge < -0.3 is 5.32 Å². The number of benzene rings is 2. The van der Waals surface area contributed by atoms with Crippen molar-refractivity contribution in [3.63, 3.8) is 0 Å². The van der Waals surface area contributed by atoms with E-state index in [0.29, 0.717) is 6.04 Å². The van der Waals surface area contributed by atoms with Crippen molar-refractivity contribution in [1.82, 2.24) is 20.3 Å². The zero-order chi connectivity index (χ0) is 24.9. The Balaban J connectivity index is 1.49. The van der Waals surface area contributed by atoms with Gasteiger partial charge >= 0.3 is 0 Å². The number of rotatable bonds is 8. The highest BCUT2D eigenvalue weighted by Crippen LogP contribution is 2.32. The van der Waals surface area contributed by atoms with Crippen molar-refractivity contribution in [1.29, 1.82) is 0 Å². The molecule has 2 heterocycles. The first-order valence-corrected chi connectivity index (χ1v) is 13.4. The first-order valence-electron chi connectivity index (χ1n) is 13.4. The Morgan fingerprint density at radius 3 is 2.39 bits per heavy atom. The molecule has 1 aliphatic carbocycles. The first-order chi connectivity index (χ1) is 17.7. The summed E-state index contributed by atoms with van der Waals surface area (Å²) in [5.41, 5.74) is 11.2. The van der Waals surface area contributed by atoms with Gasteiger partial charge in [0.1, 0.15) is 0 Å². The molecule has 184 valence electrons. The smallest absolute Gasteiger partial charge is 0.160 e. The molecule has 0 aliphatic heterocycles. The predicted molar refractivity (Wildman–Crippen MR) is 148 cm³/mol. The molecule has 0 spiro atoms. The maximum atomic E-state index is 5.23. The molecule has 36 heavy (non-hydrogen) atoms. The third kappa shape index (κ3) is 4.96. The van der Waals surface area contributed by atoms with Crippen LogP contribution in [0.2, 0.25) is 0 Å². The minimum absolute atomic E-state index is 0.420. The highest BCUT2D eigenvalue weighted by molar-refractivity contribution is 5.71. The van der Waals surface area contributed by atoms with E-state index >= 15 is 0 Å². The van der Waals surface area contributed by atoms with Crippen LogP contribution in [0.25, 0.3) is 22.6 Å². The van der Waals surface area contributed by atoms with E-state index < -0.39 is 0 Å². The van der Waals surface area contributed by atoms with Crippen molar-refractivity contribution < 1.29 is 0 Å². The number of nitrogens with one attached hydrogen (secondary N) is 1. The van der Waals surface area contributed by atoms with Gasteiger partial charge in [-0.2, -0.15) is 0 Å². The Labute approximate surface area is 215 Å². The topological polar surface area (TPSA) is 50.7 Å². The Kier molecular flexibility index (Phi) is 7.52. The van der Waals surface area contributed by atoms with E-state index in [2.05, 4.69) is 85.7 Å². The maximum Gasteiger partial charge on any atom is 0.160 e. The maximum absolute atomic E-state index is 5.23. The summed E-state index contributed by atoms with van der Waals surface area (Å²) in [4.78, 5) is 14.6. The molecule has 1 aliphatic rings. The molecule has 2 aromatic heterocycles. The second-order valence-electron chi connectivity index (χ2n) is 9.70. The van der Waals surface area contributed by atoms with Gasteiger partial charge in [0.2, 0.25) is 0 Å². The molecule has 1 unspecified atom stereocenters. The van der Waals surface area contributed by atoms with Crippen molar-refractivity contribution in [2.75, 3.05) is 6.54 Å². The van der Waals surface area contributed by atoms with Gasteiger partial charge in [0, 0.05) is 40.8 Å². The van der Waals surface area contributed by atoms with Crippen LogP contribution in [0, 0.1) is 6.92 Å². The molecule has 0 fully saturated rings. The summed E-state index contributed by atoms with van der Waals surface area (Å²) in [5, 5.41) is 3.85. The molecule has 0 amide bonds. The summed E-state index contributed by atoms with van der Waals surface area (Å²) in [6, 6.07) is 20.0. The van der Waals surface area contributed by atoms with Crippen molar-refractivity contribution in [3.8, 4) is 22.6 Å². The lowest BCUT2D eigenvalue weighted by Crippen LogP contribution is -2.27. The molecule has 0 saturated carbocycles. The Morgan fingerprint density at radius 2 is 1.64 bits per heavy atom. The number of pyridine rings is 1. The van der Waals surface area contributed by atoms with Gasteiger partial charge in [-0.15, -0.1) is 0 Å². The van der Waals surface area contributed by atoms with Gasteiger partial charge in [0.15, 0.2) is 5.82 Å². The zero-order valence-corrected chi connectivity index (χ0v) is 21.7. The molecule has 4 nitrogen and oxygen atoms in total. The summed E-state index contributed by atoms with van der Waals surface area (Å²) in [5.74, 6) is 0.839.